The summed E-state index contributed by atoms with van der Waals surface area (Å²) < 4.78 is 11.3. The fourth-order valence-electron chi connectivity index (χ4n) is 4.41. The third-order valence-corrected chi connectivity index (χ3v) is 6.39. The molecular formula is C28H29N3O4. The number of hydrogen-bond donors (Lipinski definition) is 1. The average Bonchev–Trinajstić information content (AvgIpc) is 2.92. The van der Waals surface area contributed by atoms with Gasteiger partial charge in [-0.15, -0.1) is 0 Å². The zero-order valence-electron chi connectivity index (χ0n) is 19.6. The molecule has 0 aliphatic carbocycles. The summed E-state index contributed by atoms with van der Waals surface area (Å²) in [7, 11) is 0. The van der Waals surface area contributed by atoms with E-state index in [1.807, 2.05) is 59.5 Å². The SMILES string of the molecule is O=C(NCC(=O)N1CCN(Cc2ccc3c(c2)OCCO3)CC1)c1ccc(-c2ccccc2)cc1. The van der Waals surface area contributed by atoms with Gasteiger partial charge in [0.05, 0.1) is 6.54 Å². The predicted molar refractivity (Wildman–Crippen MR) is 134 cm³/mol. The number of amides is 2. The molecule has 0 atom stereocenters. The highest BCUT2D eigenvalue weighted by Gasteiger charge is 2.22. The van der Waals surface area contributed by atoms with Crippen LogP contribution in [0.25, 0.3) is 11.1 Å². The number of carbonyl (C=O) groups is 2. The number of nitrogens with one attached hydrogen (secondary N) is 1. The number of rotatable bonds is 6. The van der Waals surface area contributed by atoms with Crippen molar-refractivity contribution in [2.75, 3.05) is 45.9 Å². The highest BCUT2D eigenvalue weighted by atomic mass is 16.6. The Labute approximate surface area is 205 Å². The van der Waals surface area contributed by atoms with Crippen LogP contribution >= 0.6 is 0 Å². The normalized spacial score (nSPS) is 15.5. The Bertz CT molecular complexity index is 1170. The molecule has 0 radical (unpaired) electrons. The van der Waals surface area contributed by atoms with Gasteiger partial charge >= 0.3 is 0 Å². The standard InChI is InChI=1S/C28H29N3O4/c32-27(19-29-28(33)24-9-7-23(8-10-24)22-4-2-1-3-5-22)31-14-12-30(13-15-31)20-21-6-11-25-26(18-21)35-17-16-34-25/h1-11,18H,12-17,19-20H2,(H,29,33). The largest absolute Gasteiger partial charge is 0.486 e. The minimum atomic E-state index is -0.241. The first kappa shape index (κ1) is 22.9. The molecule has 7 heteroatoms. The van der Waals surface area contributed by atoms with Crippen LogP contribution in [0.1, 0.15) is 15.9 Å². The number of fused-ring (bicyclic) bond motifs is 1. The van der Waals surface area contributed by atoms with Crippen LogP contribution in [0, 0.1) is 0 Å². The van der Waals surface area contributed by atoms with Crippen molar-refractivity contribution in [1.29, 1.82) is 0 Å². The number of nitrogens with zero attached hydrogens (tertiary/aromatic N) is 2. The molecule has 2 heterocycles. The van der Waals surface area contributed by atoms with Gasteiger partial charge in [-0.3, -0.25) is 14.5 Å². The monoisotopic (exact) mass is 471 g/mol. The van der Waals surface area contributed by atoms with Crippen LogP contribution in [0.3, 0.4) is 0 Å². The molecule has 0 aromatic heterocycles. The van der Waals surface area contributed by atoms with E-state index >= 15 is 0 Å². The number of carbonyl (C=O) groups excluding carboxylic acids is 2. The number of piperazine rings is 1. The smallest absolute Gasteiger partial charge is 0.251 e. The molecule has 0 bridgehead atoms. The molecule has 2 aliphatic heterocycles. The zero-order chi connectivity index (χ0) is 24.0. The van der Waals surface area contributed by atoms with E-state index in [-0.39, 0.29) is 18.4 Å². The molecule has 2 amide bonds. The van der Waals surface area contributed by atoms with E-state index in [9.17, 15) is 9.59 Å². The highest BCUT2D eigenvalue weighted by Crippen LogP contribution is 2.31. The summed E-state index contributed by atoms with van der Waals surface area (Å²) in [6.45, 7) is 4.83. The van der Waals surface area contributed by atoms with Gasteiger partial charge in [0, 0.05) is 38.3 Å². The van der Waals surface area contributed by atoms with Gasteiger partial charge in [0.25, 0.3) is 5.91 Å². The highest BCUT2D eigenvalue weighted by molar-refractivity contribution is 5.96. The maximum Gasteiger partial charge on any atom is 0.251 e. The lowest BCUT2D eigenvalue weighted by atomic mass is 10.0. The molecule has 0 saturated carbocycles. The molecule has 0 spiro atoms. The van der Waals surface area contributed by atoms with Crippen LogP contribution in [-0.4, -0.2) is 67.6 Å². The molecule has 3 aromatic carbocycles. The van der Waals surface area contributed by atoms with Crippen LogP contribution in [0.4, 0.5) is 0 Å². The van der Waals surface area contributed by atoms with E-state index in [1.54, 1.807) is 12.1 Å². The second-order valence-corrected chi connectivity index (χ2v) is 8.76. The van der Waals surface area contributed by atoms with Crippen molar-refractivity contribution >= 4 is 11.8 Å². The fraction of sp³-hybridized carbons (Fsp3) is 0.286. The van der Waals surface area contributed by atoms with Gasteiger partial charge in [-0.05, 0) is 41.0 Å². The summed E-state index contributed by atoms with van der Waals surface area (Å²) in [5.41, 5.74) is 3.86. The average molecular weight is 472 g/mol. The molecule has 0 unspecified atom stereocenters. The van der Waals surface area contributed by atoms with Crippen LogP contribution in [-0.2, 0) is 11.3 Å². The van der Waals surface area contributed by atoms with Crippen LogP contribution in [0.2, 0.25) is 0 Å². The summed E-state index contributed by atoms with van der Waals surface area (Å²) in [5.74, 6) is 1.30. The second-order valence-electron chi connectivity index (χ2n) is 8.76. The van der Waals surface area contributed by atoms with Gasteiger partial charge in [0.15, 0.2) is 11.5 Å². The molecule has 35 heavy (non-hydrogen) atoms. The van der Waals surface area contributed by atoms with Crippen molar-refractivity contribution in [3.05, 3.63) is 83.9 Å². The molecular weight excluding hydrogens is 442 g/mol. The summed E-state index contributed by atoms with van der Waals surface area (Å²) in [5, 5.41) is 2.77. The maximum absolute atomic E-state index is 12.7. The molecule has 2 aliphatic rings. The van der Waals surface area contributed by atoms with Gasteiger partial charge in [0.1, 0.15) is 13.2 Å². The van der Waals surface area contributed by atoms with Crippen molar-refractivity contribution in [3.8, 4) is 22.6 Å². The lowest BCUT2D eigenvalue weighted by Crippen LogP contribution is -2.50. The van der Waals surface area contributed by atoms with Crippen LogP contribution in [0.15, 0.2) is 72.8 Å². The summed E-state index contributed by atoms with van der Waals surface area (Å²) in [6.07, 6.45) is 0. The summed E-state index contributed by atoms with van der Waals surface area (Å²) >= 11 is 0. The van der Waals surface area contributed by atoms with E-state index in [2.05, 4.69) is 16.3 Å². The van der Waals surface area contributed by atoms with Gasteiger partial charge < -0.3 is 19.7 Å². The van der Waals surface area contributed by atoms with Crippen molar-refractivity contribution < 1.29 is 19.1 Å². The summed E-state index contributed by atoms with van der Waals surface area (Å²) in [6, 6.07) is 23.5. The molecule has 7 nitrogen and oxygen atoms in total. The Morgan fingerprint density at radius 3 is 2.20 bits per heavy atom. The minimum Gasteiger partial charge on any atom is -0.486 e. The Balaban J connectivity index is 1.07. The molecule has 180 valence electrons. The lowest BCUT2D eigenvalue weighted by molar-refractivity contribution is -0.131. The molecule has 3 aromatic rings. The van der Waals surface area contributed by atoms with Gasteiger partial charge in [-0.2, -0.15) is 0 Å². The number of ether oxygens (including phenoxy) is 2. The molecule has 1 N–H and O–H groups in total. The Morgan fingerprint density at radius 1 is 0.771 bits per heavy atom. The Morgan fingerprint density at radius 2 is 1.46 bits per heavy atom. The van der Waals surface area contributed by atoms with Crippen molar-refractivity contribution in [1.82, 2.24) is 15.1 Å². The van der Waals surface area contributed by atoms with E-state index in [4.69, 9.17) is 9.47 Å². The number of hydrogen-bond acceptors (Lipinski definition) is 5. The quantitative estimate of drug-likeness (QED) is 0.598. The van der Waals surface area contributed by atoms with E-state index in [0.29, 0.717) is 31.9 Å². The van der Waals surface area contributed by atoms with Gasteiger partial charge in [0.2, 0.25) is 5.91 Å². The maximum atomic E-state index is 12.7. The van der Waals surface area contributed by atoms with Gasteiger partial charge in [-0.1, -0.05) is 48.5 Å². The first-order chi connectivity index (χ1) is 17.2. The summed E-state index contributed by atoms with van der Waals surface area (Å²) in [4.78, 5) is 29.3. The van der Waals surface area contributed by atoms with Crippen LogP contribution in [0.5, 0.6) is 11.5 Å². The van der Waals surface area contributed by atoms with Crippen molar-refractivity contribution in [2.45, 2.75) is 6.54 Å². The second kappa shape index (κ2) is 10.6. The topological polar surface area (TPSA) is 71.1 Å². The molecule has 5 rings (SSSR count). The first-order valence-corrected chi connectivity index (χ1v) is 12.0. The fourth-order valence-corrected chi connectivity index (χ4v) is 4.41. The Hall–Kier alpha value is -3.84. The predicted octanol–water partition coefficient (Wildman–Crippen LogP) is 3.20. The Kier molecular flexibility index (Phi) is 6.95. The third-order valence-electron chi connectivity index (χ3n) is 6.39. The lowest BCUT2D eigenvalue weighted by Gasteiger charge is -2.35. The van der Waals surface area contributed by atoms with E-state index < -0.39 is 0 Å². The van der Waals surface area contributed by atoms with Crippen molar-refractivity contribution in [2.24, 2.45) is 0 Å². The third kappa shape index (κ3) is 5.63. The van der Waals surface area contributed by atoms with Gasteiger partial charge in [-0.25, -0.2) is 0 Å². The zero-order valence-corrected chi connectivity index (χ0v) is 19.6. The minimum absolute atomic E-state index is 0.00142. The van der Waals surface area contributed by atoms with Crippen molar-refractivity contribution in [3.63, 3.8) is 0 Å². The molecule has 1 saturated heterocycles. The number of benzene rings is 3. The molecule has 1 fully saturated rings. The van der Waals surface area contributed by atoms with E-state index in [1.165, 1.54) is 5.56 Å². The van der Waals surface area contributed by atoms with E-state index in [0.717, 1.165) is 42.3 Å². The first-order valence-electron chi connectivity index (χ1n) is 12.0. The van der Waals surface area contributed by atoms with Crippen LogP contribution < -0.4 is 14.8 Å².